The summed E-state index contributed by atoms with van der Waals surface area (Å²) in [5, 5.41) is 0.718. The first-order chi connectivity index (χ1) is 16.3. The van der Waals surface area contributed by atoms with Crippen LogP contribution in [0.15, 0.2) is 0 Å². The van der Waals surface area contributed by atoms with E-state index in [1.165, 1.54) is 9.47 Å². The molecule has 0 radical (unpaired) electrons. The summed E-state index contributed by atoms with van der Waals surface area (Å²) in [7, 11) is 0. The largest absolute Gasteiger partial charge is 0.494 e. The van der Waals surface area contributed by atoms with E-state index in [0.29, 0.717) is 0 Å². The second kappa shape index (κ2) is 9.83. The number of hydrogen-bond acceptors (Lipinski definition) is 5. The Bertz CT molecular complexity index is 861. The predicted octanol–water partition coefficient (Wildman–Crippen LogP) is 6.85. The molecule has 0 bridgehead atoms. The molecule has 0 amide bonds. The topological polar surface area (TPSA) is 57.2 Å². The fraction of sp³-hybridized carbons (Fsp3) is 1.00. The van der Waals surface area contributed by atoms with Crippen molar-refractivity contribution in [1.29, 1.82) is 0 Å². The zero-order valence-corrected chi connectivity index (χ0v) is 17.0. The lowest BCUT2D eigenvalue weighted by Crippen LogP contribution is -2.63. The van der Waals surface area contributed by atoms with Crippen molar-refractivity contribution in [1.82, 2.24) is 0 Å². The fourth-order valence-electron chi connectivity index (χ4n) is 1.35. The fourth-order valence-corrected chi connectivity index (χ4v) is 1.55. The Balaban J connectivity index is 6.15. The average Bonchev–Trinajstić information content (AvgIpc) is 2.54. The predicted molar refractivity (Wildman–Crippen MR) is 66.8 cm³/mol. The summed E-state index contributed by atoms with van der Waals surface area (Å²) in [4.78, 5) is 0. The van der Waals surface area contributed by atoms with Crippen LogP contribution in [0, 0.1) is 0 Å². The van der Waals surface area contributed by atoms with Gasteiger partial charge in [-0.3, -0.25) is 0 Å². The lowest BCUT2D eigenvalue weighted by atomic mass is 10.3. The molecule has 0 aromatic heterocycles. The zero-order chi connectivity index (χ0) is 32.3. The Labute approximate surface area is 200 Å². The molecular weight excluding hydrogens is 666 g/mol. The lowest BCUT2D eigenvalue weighted by Gasteiger charge is -2.37. The van der Waals surface area contributed by atoms with E-state index in [1.54, 1.807) is 4.74 Å². The Kier molecular flexibility index (Phi) is 9.46. The van der Waals surface area contributed by atoms with Crippen molar-refractivity contribution >= 4 is 11.6 Å². The highest BCUT2D eigenvalue weighted by Gasteiger charge is 2.82. The van der Waals surface area contributed by atoms with Crippen LogP contribution < -0.4 is 0 Å². The second-order valence-corrected chi connectivity index (χ2v) is 6.65. The maximum Gasteiger partial charge on any atom is 0.494 e. The summed E-state index contributed by atoms with van der Waals surface area (Å²) < 4.78 is 286. The molecule has 0 aliphatic heterocycles. The van der Waals surface area contributed by atoms with E-state index in [0.717, 1.165) is 4.74 Å². The maximum absolute atomic E-state index is 13.2. The molecule has 1 unspecified atom stereocenters. The molecule has 28 heteroatoms. The van der Waals surface area contributed by atoms with Gasteiger partial charge in [-0.2, -0.15) is 87.8 Å². The van der Waals surface area contributed by atoms with Crippen LogP contribution >= 0.6 is 11.6 Å². The monoisotopic (exact) mass is 666 g/mol. The van der Waals surface area contributed by atoms with Gasteiger partial charge in [0.25, 0.3) is 0 Å². The SMILES string of the molecule is OC(F)(F)C(F)(F)OC(F)(F)C(F)(F)C(F)(F)OC(F)(F)C(F)(F)OC(F)(F)OC(F)(Cl)C(F)(F)C(F)(F)F. The van der Waals surface area contributed by atoms with Crippen LogP contribution in [-0.2, 0) is 18.9 Å². The highest BCUT2D eigenvalue weighted by molar-refractivity contribution is 6.22. The minimum Gasteiger partial charge on any atom is -0.329 e. The van der Waals surface area contributed by atoms with Gasteiger partial charge in [-0.15, -0.1) is 8.78 Å². The molecule has 0 aliphatic rings. The second-order valence-electron chi connectivity index (χ2n) is 6.16. The summed E-state index contributed by atoms with van der Waals surface area (Å²) >= 11 is 3.61. The molecular formula is C11HClF22O5. The maximum atomic E-state index is 13.2. The summed E-state index contributed by atoms with van der Waals surface area (Å²) in [6, 6.07) is 0. The van der Waals surface area contributed by atoms with Gasteiger partial charge in [-0.25, -0.2) is 18.9 Å². The van der Waals surface area contributed by atoms with Crippen LogP contribution in [0.5, 0.6) is 0 Å². The van der Waals surface area contributed by atoms with Gasteiger partial charge >= 0.3 is 66.3 Å². The molecule has 0 aromatic rings. The highest BCUT2D eigenvalue weighted by atomic mass is 35.5. The van der Waals surface area contributed by atoms with E-state index >= 15 is 0 Å². The van der Waals surface area contributed by atoms with Gasteiger partial charge in [0.15, 0.2) is 0 Å². The van der Waals surface area contributed by atoms with Gasteiger partial charge in [-0.1, -0.05) is 0 Å². The van der Waals surface area contributed by atoms with E-state index in [2.05, 4.69) is 11.6 Å². The van der Waals surface area contributed by atoms with E-state index < -0.39 is 66.3 Å². The Morgan fingerprint density at radius 2 is 0.692 bits per heavy atom. The first-order valence-corrected chi connectivity index (χ1v) is 8.08. The molecule has 0 aromatic carbocycles. The van der Waals surface area contributed by atoms with Crippen LogP contribution in [0.2, 0.25) is 0 Å². The standard InChI is InChI=1S/C11HClF22O5/c12-3(17,1(13,14)4(18,19)20)36-11(33,34)39-10(31,32)9(29,30)38-7(25,26)2(15,16)6(23,24)37-8(27,28)5(21,22)35/h35H. The van der Waals surface area contributed by atoms with Crippen molar-refractivity contribution in [2.24, 2.45) is 0 Å². The molecule has 0 spiro atoms. The van der Waals surface area contributed by atoms with E-state index in [4.69, 9.17) is 5.11 Å². The first-order valence-electron chi connectivity index (χ1n) is 7.70. The van der Waals surface area contributed by atoms with Crippen molar-refractivity contribution in [2.45, 2.75) is 66.3 Å². The summed E-state index contributed by atoms with van der Waals surface area (Å²) in [5.74, 6) is -15.6. The molecule has 0 aliphatic carbocycles. The zero-order valence-electron chi connectivity index (χ0n) is 16.3. The normalized spacial score (nSPS) is 17.8. The lowest BCUT2D eigenvalue weighted by molar-refractivity contribution is -0.581. The highest BCUT2D eigenvalue weighted by Crippen LogP contribution is 2.55. The number of rotatable bonds is 13. The van der Waals surface area contributed by atoms with Gasteiger partial charge in [0.05, 0.1) is 0 Å². The van der Waals surface area contributed by atoms with Gasteiger partial charge in [-0.05, 0) is 11.6 Å². The third-order valence-electron chi connectivity index (χ3n) is 3.15. The number of ether oxygens (including phenoxy) is 4. The van der Waals surface area contributed by atoms with Gasteiger partial charge in [0.2, 0.25) is 0 Å². The third-order valence-corrected chi connectivity index (χ3v) is 3.46. The van der Waals surface area contributed by atoms with Crippen molar-refractivity contribution < 1.29 is 121 Å². The summed E-state index contributed by atoms with van der Waals surface area (Å²) in [6.07, 6.45) is -60.8. The van der Waals surface area contributed by atoms with Crippen molar-refractivity contribution in [3.05, 3.63) is 0 Å². The van der Waals surface area contributed by atoms with Crippen LogP contribution in [-0.4, -0.2) is 71.4 Å². The molecule has 236 valence electrons. The van der Waals surface area contributed by atoms with Gasteiger partial charge < -0.3 is 5.11 Å². The third kappa shape index (κ3) is 7.45. The average molecular weight is 667 g/mol. The quantitative estimate of drug-likeness (QED) is 0.133. The minimum atomic E-state index is -8.24. The molecule has 0 rings (SSSR count). The molecule has 1 atom stereocenters. The number of halogens is 23. The Morgan fingerprint density at radius 1 is 0.385 bits per heavy atom. The van der Waals surface area contributed by atoms with Gasteiger partial charge in [0, 0.05) is 0 Å². The van der Waals surface area contributed by atoms with Crippen LogP contribution in [0.3, 0.4) is 0 Å². The van der Waals surface area contributed by atoms with Crippen molar-refractivity contribution in [2.75, 3.05) is 0 Å². The molecule has 0 saturated heterocycles. The van der Waals surface area contributed by atoms with Crippen molar-refractivity contribution in [3.8, 4) is 0 Å². The van der Waals surface area contributed by atoms with E-state index in [9.17, 15) is 96.6 Å². The van der Waals surface area contributed by atoms with Crippen LogP contribution in [0.25, 0.3) is 0 Å². The molecule has 1 N–H and O–H groups in total. The number of alkyl halides is 23. The van der Waals surface area contributed by atoms with E-state index in [-0.39, 0.29) is 0 Å². The molecule has 39 heavy (non-hydrogen) atoms. The molecule has 0 fully saturated rings. The Morgan fingerprint density at radius 3 is 1.00 bits per heavy atom. The molecule has 0 saturated carbocycles. The Hall–Kier alpha value is -1.45. The molecule has 0 heterocycles. The molecule has 5 nitrogen and oxygen atoms in total. The smallest absolute Gasteiger partial charge is 0.329 e. The van der Waals surface area contributed by atoms with Crippen LogP contribution in [0.1, 0.15) is 0 Å². The first kappa shape index (κ1) is 37.6. The van der Waals surface area contributed by atoms with Gasteiger partial charge in [0.1, 0.15) is 0 Å². The minimum absolute atomic E-state index is 1.15. The number of hydrogen-bond donors (Lipinski definition) is 1. The van der Waals surface area contributed by atoms with Crippen molar-refractivity contribution in [3.63, 3.8) is 0 Å². The van der Waals surface area contributed by atoms with E-state index in [1.807, 2.05) is 0 Å². The summed E-state index contributed by atoms with van der Waals surface area (Å²) in [5.41, 5.74) is 0. The summed E-state index contributed by atoms with van der Waals surface area (Å²) in [6.45, 7) is 0. The van der Waals surface area contributed by atoms with Crippen LogP contribution in [0.4, 0.5) is 96.6 Å². The number of aliphatic hydroxyl groups is 1.